The number of nitrogens with zero attached hydrogens (tertiary/aromatic N) is 1. The second kappa shape index (κ2) is 7.05. The molecule has 1 aliphatic carbocycles. The maximum atomic E-state index is 13.7. The summed E-state index contributed by atoms with van der Waals surface area (Å²) < 4.78 is 73.3. The van der Waals surface area contributed by atoms with Gasteiger partial charge in [-0.3, -0.25) is 9.78 Å². The van der Waals surface area contributed by atoms with E-state index in [0.717, 1.165) is 13.1 Å². The quantitative estimate of drug-likeness (QED) is 0.502. The first-order valence-electron chi connectivity index (χ1n) is 8.59. The van der Waals surface area contributed by atoms with Gasteiger partial charge in [-0.15, -0.1) is 0 Å². The molecule has 0 spiro atoms. The molecule has 0 bridgehead atoms. The molecule has 0 N–H and O–H groups in total. The number of aldehydes is 1. The van der Waals surface area contributed by atoms with E-state index in [9.17, 15) is 26.7 Å². The number of hydrogen-bond acceptors (Lipinski definition) is 3. The van der Waals surface area contributed by atoms with Crippen molar-refractivity contribution in [3.8, 4) is 5.75 Å². The Bertz CT molecular complexity index is 836. The minimum absolute atomic E-state index is 0.0307. The van der Waals surface area contributed by atoms with E-state index in [1.54, 1.807) is 0 Å². The fraction of sp³-hybridized carbons (Fsp3) is 0.474. The number of pyridine rings is 1. The van der Waals surface area contributed by atoms with Crippen molar-refractivity contribution >= 4 is 17.1 Å². The number of carbonyl (C=O) groups is 1. The van der Waals surface area contributed by atoms with Crippen molar-refractivity contribution in [2.45, 2.75) is 50.8 Å². The molecule has 0 atom stereocenters. The van der Waals surface area contributed by atoms with Crippen LogP contribution in [0.25, 0.3) is 10.8 Å². The summed E-state index contributed by atoms with van der Waals surface area (Å²) in [6, 6.07) is 3.91. The summed E-state index contributed by atoms with van der Waals surface area (Å²) in [4.78, 5) is 14.5. The van der Waals surface area contributed by atoms with Gasteiger partial charge in [-0.25, -0.2) is 8.78 Å². The van der Waals surface area contributed by atoms with Crippen LogP contribution in [0, 0.1) is 5.92 Å². The Balaban J connectivity index is 1.90. The molecule has 0 radical (unpaired) electrons. The third-order valence-corrected chi connectivity index (χ3v) is 4.98. The van der Waals surface area contributed by atoms with E-state index in [1.807, 2.05) is 0 Å². The summed E-state index contributed by atoms with van der Waals surface area (Å²) in [6.45, 7) is 0.866. The van der Waals surface area contributed by atoms with E-state index in [1.165, 1.54) is 18.2 Å². The van der Waals surface area contributed by atoms with Crippen LogP contribution in [0.1, 0.15) is 48.7 Å². The SMILES string of the molecule is CC(F)(F)C1CCC(Oc2ccc3cc(C=O)ncc3c2C(F)(F)F)CC1. The molecule has 1 heterocycles. The van der Waals surface area contributed by atoms with Gasteiger partial charge in [-0.2, -0.15) is 13.2 Å². The predicted octanol–water partition coefficient (Wildman–Crippen LogP) is 5.66. The molecule has 0 aliphatic heterocycles. The lowest BCUT2D eigenvalue weighted by molar-refractivity contribution is -0.138. The van der Waals surface area contributed by atoms with Gasteiger partial charge >= 0.3 is 6.18 Å². The molecular formula is C19H18F5NO2. The molecule has 8 heteroatoms. The van der Waals surface area contributed by atoms with Gasteiger partial charge < -0.3 is 4.74 Å². The predicted molar refractivity (Wildman–Crippen MR) is 89.1 cm³/mol. The second-order valence-corrected chi connectivity index (χ2v) is 6.93. The Hall–Kier alpha value is -2.25. The van der Waals surface area contributed by atoms with Crippen molar-refractivity contribution in [1.82, 2.24) is 4.98 Å². The second-order valence-electron chi connectivity index (χ2n) is 6.93. The molecule has 1 aliphatic rings. The number of fused-ring (bicyclic) bond motifs is 1. The fourth-order valence-corrected chi connectivity index (χ4v) is 3.54. The van der Waals surface area contributed by atoms with Gasteiger partial charge in [0.1, 0.15) is 17.0 Å². The van der Waals surface area contributed by atoms with E-state index < -0.39 is 29.7 Å². The van der Waals surface area contributed by atoms with E-state index in [4.69, 9.17) is 4.74 Å². The van der Waals surface area contributed by atoms with Crippen LogP contribution in [0.5, 0.6) is 5.75 Å². The molecule has 1 aromatic carbocycles. The highest BCUT2D eigenvalue weighted by Crippen LogP contribution is 2.43. The van der Waals surface area contributed by atoms with Gasteiger partial charge in [0.25, 0.3) is 0 Å². The van der Waals surface area contributed by atoms with Gasteiger partial charge in [-0.05, 0) is 50.1 Å². The minimum atomic E-state index is -4.69. The molecule has 1 saturated carbocycles. The lowest BCUT2D eigenvalue weighted by atomic mass is 9.83. The zero-order chi connectivity index (χ0) is 19.8. The molecular weight excluding hydrogens is 369 g/mol. The van der Waals surface area contributed by atoms with E-state index in [2.05, 4.69) is 4.98 Å². The summed E-state index contributed by atoms with van der Waals surface area (Å²) in [5.41, 5.74) is -0.934. The zero-order valence-electron chi connectivity index (χ0n) is 14.5. The van der Waals surface area contributed by atoms with Gasteiger partial charge in [0.2, 0.25) is 5.92 Å². The minimum Gasteiger partial charge on any atom is -0.490 e. The number of aromatic nitrogens is 1. The monoisotopic (exact) mass is 387 g/mol. The molecule has 3 nitrogen and oxygen atoms in total. The maximum absolute atomic E-state index is 13.7. The molecule has 0 saturated heterocycles. The molecule has 1 fully saturated rings. The first-order valence-corrected chi connectivity index (χ1v) is 8.59. The van der Waals surface area contributed by atoms with Crippen LogP contribution in [-0.4, -0.2) is 23.3 Å². The molecule has 3 rings (SSSR count). The number of hydrogen-bond donors (Lipinski definition) is 0. The lowest BCUT2D eigenvalue weighted by Crippen LogP contribution is -2.33. The van der Waals surface area contributed by atoms with Gasteiger partial charge in [-0.1, -0.05) is 6.07 Å². The van der Waals surface area contributed by atoms with Crippen LogP contribution in [0.4, 0.5) is 22.0 Å². The van der Waals surface area contributed by atoms with E-state index >= 15 is 0 Å². The largest absolute Gasteiger partial charge is 0.490 e. The maximum Gasteiger partial charge on any atom is 0.420 e. The number of carbonyl (C=O) groups excluding carboxylic acids is 1. The van der Waals surface area contributed by atoms with Crippen molar-refractivity contribution < 1.29 is 31.5 Å². The Morgan fingerprint density at radius 1 is 1.11 bits per heavy atom. The summed E-state index contributed by atoms with van der Waals surface area (Å²) in [5, 5.41) is 0.0560. The zero-order valence-corrected chi connectivity index (χ0v) is 14.5. The number of benzene rings is 1. The topological polar surface area (TPSA) is 39.2 Å². The number of ether oxygens (including phenoxy) is 1. The first kappa shape index (κ1) is 19.5. The Morgan fingerprint density at radius 3 is 2.33 bits per heavy atom. The summed E-state index contributed by atoms with van der Waals surface area (Å²) in [6.07, 6.45) is -2.84. The molecule has 27 heavy (non-hydrogen) atoms. The Morgan fingerprint density at radius 2 is 1.78 bits per heavy atom. The Labute approximate surface area is 152 Å². The highest BCUT2D eigenvalue weighted by molar-refractivity contribution is 5.90. The summed E-state index contributed by atoms with van der Waals surface area (Å²) >= 11 is 0. The Kier molecular flexibility index (Phi) is 5.10. The molecule has 0 amide bonds. The number of rotatable bonds is 4. The molecule has 1 aromatic heterocycles. The standard InChI is InChI=1S/C19H18F5NO2/c1-18(20,21)12-3-5-14(6-4-12)27-16-7-2-11-8-13(10-26)25-9-15(11)17(16)19(22,23)24/h2,7-10,12,14H,3-6H2,1H3. The third-order valence-electron chi connectivity index (χ3n) is 4.98. The smallest absolute Gasteiger partial charge is 0.420 e. The number of alkyl halides is 5. The van der Waals surface area contributed by atoms with Crippen molar-refractivity contribution in [3.63, 3.8) is 0 Å². The van der Waals surface area contributed by atoms with Crippen LogP contribution in [0.15, 0.2) is 24.4 Å². The lowest BCUT2D eigenvalue weighted by Gasteiger charge is -2.32. The van der Waals surface area contributed by atoms with Crippen molar-refractivity contribution in [2.75, 3.05) is 0 Å². The molecule has 2 aromatic rings. The van der Waals surface area contributed by atoms with Gasteiger partial charge in [0.15, 0.2) is 6.29 Å². The van der Waals surface area contributed by atoms with Crippen LogP contribution >= 0.6 is 0 Å². The fourth-order valence-electron chi connectivity index (χ4n) is 3.54. The molecule has 0 unspecified atom stereocenters. The normalized spacial score (nSPS) is 21.3. The van der Waals surface area contributed by atoms with Gasteiger partial charge in [0, 0.05) is 17.5 Å². The molecule has 146 valence electrons. The van der Waals surface area contributed by atoms with Crippen LogP contribution in [0.3, 0.4) is 0 Å². The average Bonchev–Trinajstić information content (AvgIpc) is 2.59. The highest BCUT2D eigenvalue weighted by Gasteiger charge is 2.40. The van der Waals surface area contributed by atoms with E-state index in [0.29, 0.717) is 6.29 Å². The number of halogens is 5. The van der Waals surface area contributed by atoms with Crippen molar-refractivity contribution in [2.24, 2.45) is 5.92 Å². The first-order chi connectivity index (χ1) is 12.6. The summed E-state index contributed by atoms with van der Waals surface area (Å²) in [5.74, 6) is -3.92. The average molecular weight is 387 g/mol. The van der Waals surface area contributed by atoms with Crippen molar-refractivity contribution in [1.29, 1.82) is 0 Å². The van der Waals surface area contributed by atoms with Crippen LogP contribution < -0.4 is 4.74 Å². The third kappa shape index (κ3) is 4.20. The van der Waals surface area contributed by atoms with Crippen LogP contribution in [-0.2, 0) is 6.18 Å². The van der Waals surface area contributed by atoms with Crippen LogP contribution in [0.2, 0.25) is 0 Å². The van der Waals surface area contributed by atoms with Gasteiger partial charge in [0.05, 0.1) is 6.10 Å². The summed E-state index contributed by atoms with van der Waals surface area (Å²) in [7, 11) is 0. The van der Waals surface area contributed by atoms with E-state index in [-0.39, 0.29) is 47.9 Å². The highest BCUT2D eigenvalue weighted by atomic mass is 19.4. The van der Waals surface area contributed by atoms with Crippen molar-refractivity contribution in [3.05, 3.63) is 35.7 Å².